The van der Waals surface area contributed by atoms with E-state index in [1.54, 1.807) is 0 Å². The number of ether oxygens (including phenoxy) is 1. The van der Waals surface area contributed by atoms with E-state index in [0.717, 1.165) is 58.3 Å². The summed E-state index contributed by atoms with van der Waals surface area (Å²) in [7, 11) is 0. The number of hydrogen-bond donors (Lipinski definition) is 2. The molecule has 0 aromatic heterocycles. The molecule has 0 radical (unpaired) electrons. The van der Waals surface area contributed by atoms with E-state index >= 15 is 0 Å². The van der Waals surface area contributed by atoms with Gasteiger partial charge in [-0.2, -0.15) is 0 Å². The van der Waals surface area contributed by atoms with E-state index in [-0.39, 0.29) is 0 Å². The van der Waals surface area contributed by atoms with Gasteiger partial charge in [0, 0.05) is 38.8 Å². The lowest BCUT2D eigenvalue weighted by Crippen LogP contribution is -2.41. The SMILES string of the molecule is CC1CN=C(NCCN2CCCOCC2)N1. The average molecular weight is 226 g/mol. The first-order valence-corrected chi connectivity index (χ1v) is 6.19. The minimum Gasteiger partial charge on any atom is -0.380 e. The maximum Gasteiger partial charge on any atom is 0.191 e. The van der Waals surface area contributed by atoms with E-state index in [9.17, 15) is 0 Å². The van der Waals surface area contributed by atoms with Gasteiger partial charge in [-0.3, -0.25) is 9.89 Å². The third-order valence-corrected chi connectivity index (χ3v) is 2.94. The van der Waals surface area contributed by atoms with Crippen LogP contribution in [-0.4, -0.2) is 62.8 Å². The van der Waals surface area contributed by atoms with Crippen LogP contribution < -0.4 is 10.6 Å². The van der Waals surface area contributed by atoms with Gasteiger partial charge in [-0.25, -0.2) is 0 Å². The molecule has 5 heteroatoms. The van der Waals surface area contributed by atoms with Gasteiger partial charge in [0.2, 0.25) is 0 Å². The fourth-order valence-electron chi connectivity index (χ4n) is 2.01. The Morgan fingerprint density at radius 2 is 2.44 bits per heavy atom. The minimum absolute atomic E-state index is 0.481. The van der Waals surface area contributed by atoms with Gasteiger partial charge in [0.25, 0.3) is 0 Å². The Kier molecular flexibility index (Phi) is 4.42. The van der Waals surface area contributed by atoms with Crippen LogP contribution in [0.2, 0.25) is 0 Å². The van der Waals surface area contributed by atoms with Crippen LogP contribution >= 0.6 is 0 Å². The number of nitrogens with zero attached hydrogens (tertiary/aromatic N) is 2. The predicted octanol–water partition coefficient (Wildman–Crippen LogP) is -0.354. The smallest absolute Gasteiger partial charge is 0.191 e. The molecule has 16 heavy (non-hydrogen) atoms. The quantitative estimate of drug-likeness (QED) is 0.690. The summed E-state index contributed by atoms with van der Waals surface area (Å²) in [6.07, 6.45) is 1.15. The number of guanidine groups is 1. The van der Waals surface area contributed by atoms with Gasteiger partial charge in [0.15, 0.2) is 5.96 Å². The van der Waals surface area contributed by atoms with Crippen LogP contribution in [0.15, 0.2) is 4.99 Å². The van der Waals surface area contributed by atoms with Crippen molar-refractivity contribution in [3.8, 4) is 0 Å². The molecule has 0 spiro atoms. The van der Waals surface area contributed by atoms with Crippen LogP contribution in [0.5, 0.6) is 0 Å². The largest absolute Gasteiger partial charge is 0.380 e. The number of aliphatic imine (C=N–C) groups is 1. The van der Waals surface area contributed by atoms with E-state index in [0.29, 0.717) is 6.04 Å². The molecule has 5 nitrogen and oxygen atoms in total. The number of hydrogen-bond acceptors (Lipinski definition) is 5. The normalized spacial score (nSPS) is 27.1. The zero-order chi connectivity index (χ0) is 11.2. The van der Waals surface area contributed by atoms with Gasteiger partial charge in [-0.15, -0.1) is 0 Å². The molecule has 0 amide bonds. The second kappa shape index (κ2) is 6.06. The van der Waals surface area contributed by atoms with Crippen molar-refractivity contribution in [3.63, 3.8) is 0 Å². The summed E-state index contributed by atoms with van der Waals surface area (Å²) in [5.41, 5.74) is 0. The number of nitrogens with one attached hydrogen (secondary N) is 2. The van der Waals surface area contributed by atoms with Crippen molar-refractivity contribution in [3.05, 3.63) is 0 Å². The summed E-state index contributed by atoms with van der Waals surface area (Å²) in [5.74, 6) is 0.957. The second-order valence-corrected chi connectivity index (χ2v) is 4.47. The van der Waals surface area contributed by atoms with E-state index in [4.69, 9.17) is 4.74 Å². The topological polar surface area (TPSA) is 48.9 Å². The van der Waals surface area contributed by atoms with Crippen LogP contribution in [0.3, 0.4) is 0 Å². The summed E-state index contributed by atoms with van der Waals surface area (Å²) in [6, 6.07) is 0.481. The predicted molar refractivity (Wildman–Crippen MR) is 64.8 cm³/mol. The van der Waals surface area contributed by atoms with Gasteiger partial charge < -0.3 is 15.4 Å². The summed E-state index contributed by atoms with van der Waals surface area (Å²) < 4.78 is 5.42. The highest BCUT2D eigenvalue weighted by Gasteiger charge is 2.12. The summed E-state index contributed by atoms with van der Waals surface area (Å²) in [6.45, 7) is 9.04. The van der Waals surface area contributed by atoms with Crippen molar-refractivity contribution in [2.75, 3.05) is 45.9 Å². The fraction of sp³-hybridized carbons (Fsp3) is 0.909. The first-order chi connectivity index (χ1) is 7.84. The second-order valence-electron chi connectivity index (χ2n) is 4.47. The Labute approximate surface area is 97.2 Å². The highest BCUT2D eigenvalue weighted by atomic mass is 16.5. The molecule has 0 aromatic rings. The molecular formula is C11H22N4O. The molecule has 1 saturated heterocycles. The Bertz CT molecular complexity index is 236. The Hall–Kier alpha value is -0.810. The molecule has 2 heterocycles. The van der Waals surface area contributed by atoms with Crippen LogP contribution in [-0.2, 0) is 4.74 Å². The van der Waals surface area contributed by atoms with Crippen molar-refractivity contribution < 1.29 is 4.74 Å². The molecule has 0 aliphatic carbocycles. The molecular weight excluding hydrogens is 204 g/mol. The number of rotatable bonds is 3. The molecule has 2 rings (SSSR count). The van der Waals surface area contributed by atoms with Gasteiger partial charge in [-0.1, -0.05) is 0 Å². The summed E-state index contributed by atoms with van der Waals surface area (Å²) >= 11 is 0. The van der Waals surface area contributed by atoms with Crippen molar-refractivity contribution in [1.82, 2.24) is 15.5 Å². The molecule has 92 valence electrons. The Balaban J connectivity index is 1.60. The van der Waals surface area contributed by atoms with Crippen LogP contribution in [0, 0.1) is 0 Å². The van der Waals surface area contributed by atoms with E-state index in [1.807, 2.05) is 0 Å². The highest BCUT2D eigenvalue weighted by molar-refractivity contribution is 5.81. The molecule has 2 aliphatic rings. The monoisotopic (exact) mass is 226 g/mol. The zero-order valence-electron chi connectivity index (χ0n) is 10.0. The van der Waals surface area contributed by atoms with E-state index < -0.39 is 0 Å². The fourth-order valence-corrected chi connectivity index (χ4v) is 2.01. The van der Waals surface area contributed by atoms with Gasteiger partial charge >= 0.3 is 0 Å². The maximum absolute atomic E-state index is 5.42. The third kappa shape index (κ3) is 3.64. The average Bonchev–Trinajstić information content (AvgIpc) is 2.54. The van der Waals surface area contributed by atoms with Gasteiger partial charge in [-0.05, 0) is 13.3 Å². The van der Waals surface area contributed by atoms with E-state index in [1.165, 1.54) is 0 Å². The standard InChI is InChI=1S/C11H22N4O/c1-10-9-13-11(14-10)12-3-5-15-4-2-7-16-8-6-15/h10H,2-9H2,1H3,(H2,12,13,14). The van der Waals surface area contributed by atoms with Crippen molar-refractivity contribution >= 4 is 5.96 Å². The molecule has 2 N–H and O–H groups in total. The lowest BCUT2D eigenvalue weighted by molar-refractivity contribution is 0.141. The van der Waals surface area contributed by atoms with Crippen LogP contribution in [0.1, 0.15) is 13.3 Å². The lowest BCUT2D eigenvalue weighted by atomic mass is 10.4. The van der Waals surface area contributed by atoms with Crippen LogP contribution in [0.25, 0.3) is 0 Å². The summed E-state index contributed by atoms with van der Waals surface area (Å²) in [5, 5.41) is 6.64. The molecule has 0 bridgehead atoms. The van der Waals surface area contributed by atoms with E-state index in [2.05, 4.69) is 27.4 Å². The molecule has 1 unspecified atom stereocenters. The molecule has 2 aliphatic heterocycles. The highest BCUT2D eigenvalue weighted by Crippen LogP contribution is 1.98. The maximum atomic E-state index is 5.42. The molecule has 0 saturated carbocycles. The van der Waals surface area contributed by atoms with Crippen molar-refractivity contribution in [1.29, 1.82) is 0 Å². The molecule has 1 fully saturated rings. The zero-order valence-corrected chi connectivity index (χ0v) is 10.0. The summed E-state index contributed by atoms with van der Waals surface area (Å²) in [4.78, 5) is 6.81. The third-order valence-electron chi connectivity index (χ3n) is 2.94. The van der Waals surface area contributed by atoms with Crippen molar-refractivity contribution in [2.45, 2.75) is 19.4 Å². The Morgan fingerprint density at radius 3 is 3.25 bits per heavy atom. The van der Waals surface area contributed by atoms with Gasteiger partial charge in [0.1, 0.15) is 0 Å². The Morgan fingerprint density at radius 1 is 1.50 bits per heavy atom. The molecule has 0 aromatic carbocycles. The molecule has 1 atom stereocenters. The van der Waals surface area contributed by atoms with Gasteiger partial charge in [0.05, 0.1) is 13.2 Å². The van der Waals surface area contributed by atoms with Crippen molar-refractivity contribution in [2.24, 2.45) is 4.99 Å². The first kappa shape index (κ1) is 11.7. The van der Waals surface area contributed by atoms with Crippen LogP contribution in [0.4, 0.5) is 0 Å². The lowest BCUT2D eigenvalue weighted by Gasteiger charge is -2.19. The minimum atomic E-state index is 0.481. The first-order valence-electron chi connectivity index (χ1n) is 6.19.